The largest absolute Gasteiger partial charge is 0.350 e. The number of piperidine rings is 1. The maximum atomic E-state index is 12.1. The monoisotopic (exact) mass is 253 g/mol. The van der Waals surface area contributed by atoms with Gasteiger partial charge >= 0.3 is 0 Å². The molecule has 4 nitrogen and oxygen atoms in total. The van der Waals surface area contributed by atoms with Gasteiger partial charge in [0.15, 0.2) is 0 Å². The summed E-state index contributed by atoms with van der Waals surface area (Å²) in [7, 11) is 0. The van der Waals surface area contributed by atoms with Crippen LogP contribution in [0.25, 0.3) is 0 Å². The molecule has 2 aliphatic rings. The number of nitrogens with two attached hydrogens (primary N) is 1. The summed E-state index contributed by atoms with van der Waals surface area (Å²) in [5.41, 5.74) is 5.94. The van der Waals surface area contributed by atoms with Crippen molar-refractivity contribution in [1.82, 2.24) is 10.2 Å². The molecule has 2 unspecified atom stereocenters. The molecule has 0 aromatic carbocycles. The van der Waals surface area contributed by atoms with Gasteiger partial charge in [-0.25, -0.2) is 0 Å². The number of hydrogen-bond acceptors (Lipinski definition) is 3. The fourth-order valence-corrected chi connectivity index (χ4v) is 3.32. The predicted octanol–water partition coefficient (Wildman–Crippen LogP) is 1.10. The van der Waals surface area contributed by atoms with Crippen molar-refractivity contribution in [3.05, 3.63) is 0 Å². The Bertz CT molecular complexity index is 293. The number of fused-ring (bicyclic) bond motifs is 1. The Balaban J connectivity index is 1.84. The molecule has 2 rings (SSSR count). The molecule has 3 N–H and O–H groups in total. The molecule has 0 aromatic rings. The molecule has 2 saturated heterocycles. The Kier molecular flexibility index (Phi) is 4.62. The van der Waals surface area contributed by atoms with Crippen LogP contribution < -0.4 is 11.1 Å². The van der Waals surface area contributed by atoms with Gasteiger partial charge in [-0.05, 0) is 38.1 Å². The van der Waals surface area contributed by atoms with Gasteiger partial charge in [0.1, 0.15) is 0 Å². The summed E-state index contributed by atoms with van der Waals surface area (Å²) in [6.45, 7) is 6.54. The molecule has 1 amide bonds. The smallest absolute Gasteiger partial charge is 0.237 e. The van der Waals surface area contributed by atoms with Crippen molar-refractivity contribution in [2.24, 2.45) is 11.7 Å². The molecule has 0 aliphatic carbocycles. The number of rotatable bonds is 4. The molecular formula is C14H27N3O. The zero-order valence-electron chi connectivity index (χ0n) is 11.7. The van der Waals surface area contributed by atoms with Gasteiger partial charge in [0, 0.05) is 18.6 Å². The van der Waals surface area contributed by atoms with Crippen LogP contribution >= 0.6 is 0 Å². The minimum atomic E-state index is -0.345. The number of carbonyl (C=O) groups is 1. The maximum absolute atomic E-state index is 12.1. The number of nitrogens with zero attached hydrogens (tertiary/aromatic N) is 1. The van der Waals surface area contributed by atoms with Crippen molar-refractivity contribution in [2.75, 3.05) is 13.1 Å². The Morgan fingerprint density at radius 2 is 2.11 bits per heavy atom. The lowest BCUT2D eigenvalue weighted by Crippen LogP contribution is -2.51. The van der Waals surface area contributed by atoms with Crippen LogP contribution in [0.5, 0.6) is 0 Å². The standard InChI is InChI=1S/C14H27N3O/c1-10(2)9-11(15)14(18)16-12-6-8-17-7-4-3-5-13(12)17/h10-13H,3-9,15H2,1-2H3,(H,16,18)/t11-,12?,13?/m1/s1. The lowest BCUT2D eigenvalue weighted by atomic mass is 9.98. The van der Waals surface area contributed by atoms with Crippen LogP contribution in [0.1, 0.15) is 46.0 Å². The first-order valence-electron chi connectivity index (χ1n) is 7.38. The van der Waals surface area contributed by atoms with Gasteiger partial charge in [0.2, 0.25) is 5.91 Å². The van der Waals surface area contributed by atoms with E-state index in [1.54, 1.807) is 0 Å². The summed E-state index contributed by atoms with van der Waals surface area (Å²) < 4.78 is 0. The van der Waals surface area contributed by atoms with E-state index in [1.807, 2.05) is 0 Å². The third-order valence-corrected chi connectivity index (χ3v) is 4.25. The highest BCUT2D eigenvalue weighted by atomic mass is 16.2. The number of nitrogens with one attached hydrogen (secondary N) is 1. The van der Waals surface area contributed by atoms with Crippen molar-refractivity contribution in [1.29, 1.82) is 0 Å². The number of hydrogen-bond donors (Lipinski definition) is 2. The summed E-state index contributed by atoms with van der Waals surface area (Å²) in [5.74, 6) is 0.515. The molecule has 0 saturated carbocycles. The highest BCUT2D eigenvalue weighted by Gasteiger charge is 2.36. The molecule has 104 valence electrons. The average molecular weight is 253 g/mol. The topological polar surface area (TPSA) is 58.4 Å². The van der Waals surface area contributed by atoms with Gasteiger partial charge in [-0.1, -0.05) is 20.3 Å². The van der Waals surface area contributed by atoms with Crippen LogP contribution in [0.15, 0.2) is 0 Å². The molecule has 2 fully saturated rings. The molecule has 4 heteroatoms. The van der Waals surface area contributed by atoms with E-state index >= 15 is 0 Å². The van der Waals surface area contributed by atoms with Gasteiger partial charge in [0.05, 0.1) is 6.04 Å². The molecule has 2 heterocycles. The summed E-state index contributed by atoms with van der Waals surface area (Å²) in [6.07, 6.45) is 5.69. The first kappa shape index (κ1) is 13.8. The quantitative estimate of drug-likeness (QED) is 0.789. The van der Waals surface area contributed by atoms with E-state index in [2.05, 4.69) is 24.1 Å². The molecule has 0 aromatic heterocycles. The van der Waals surface area contributed by atoms with E-state index in [4.69, 9.17) is 5.73 Å². The van der Waals surface area contributed by atoms with Gasteiger partial charge in [-0.3, -0.25) is 9.69 Å². The van der Waals surface area contributed by atoms with Crippen molar-refractivity contribution in [3.63, 3.8) is 0 Å². The molecule has 18 heavy (non-hydrogen) atoms. The lowest BCUT2D eigenvalue weighted by Gasteiger charge is -2.33. The molecule has 0 bridgehead atoms. The van der Waals surface area contributed by atoms with Crippen LogP contribution in [0, 0.1) is 5.92 Å². The second kappa shape index (κ2) is 6.02. The average Bonchev–Trinajstić information content (AvgIpc) is 2.72. The summed E-state index contributed by atoms with van der Waals surface area (Å²) in [6, 6.07) is 0.549. The second-order valence-electron chi connectivity index (χ2n) is 6.24. The van der Waals surface area contributed by atoms with Gasteiger partial charge in [0.25, 0.3) is 0 Å². The van der Waals surface area contributed by atoms with Gasteiger partial charge in [-0.2, -0.15) is 0 Å². The number of amides is 1. The van der Waals surface area contributed by atoms with Crippen LogP contribution in [0.4, 0.5) is 0 Å². The fraction of sp³-hybridized carbons (Fsp3) is 0.929. The Morgan fingerprint density at radius 3 is 2.83 bits per heavy atom. The fourth-order valence-electron chi connectivity index (χ4n) is 3.32. The zero-order valence-corrected chi connectivity index (χ0v) is 11.7. The molecule has 2 aliphatic heterocycles. The highest BCUT2D eigenvalue weighted by molar-refractivity contribution is 5.81. The Hall–Kier alpha value is -0.610. The third-order valence-electron chi connectivity index (χ3n) is 4.25. The first-order valence-corrected chi connectivity index (χ1v) is 7.38. The van der Waals surface area contributed by atoms with E-state index in [-0.39, 0.29) is 11.9 Å². The zero-order chi connectivity index (χ0) is 13.1. The van der Waals surface area contributed by atoms with Gasteiger partial charge in [-0.15, -0.1) is 0 Å². The first-order chi connectivity index (χ1) is 8.58. The van der Waals surface area contributed by atoms with Crippen molar-refractivity contribution < 1.29 is 4.79 Å². The van der Waals surface area contributed by atoms with Crippen LogP contribution in [0.3, 0.4) is 0 Å². The van der Waals surface area contributed by atoms with Crippen molar-refractivity contribution >= 4 is 5.91 Å². The molecule has 0 radical (unpaired) electrons. The maximum Gasteiger partial charge on any atom is 0.237 e. The summed E-state index contributed by atoms with van der Waals surface area (Å²) >= 11 is 0. The van der Waals surface area contributed by atoms with Crippen molar-refractivity contribution in [2.45, 2.75) is 64.1 Å². The minimum absolute atomic E-state index is 0.0427. The van der Waals surface area contributed by atoms with E-state index in [9.17, 15) is 4.79 Å². The second-order valence-corrected chi connectivity index (χ2v) is 6.24. The molecule has 3 atom stereocenters. The van der Waals surface area contributed by atoms with E-state index in [0.717, 1.165) is 19.4 Å². The van der Waals surface area contributed by atoms with Crippen LogP contribution in [-0.2, 0) is 4.79 Å². The molecule has 0 spiro atoms. The SMILES string of the molecule is CC(C)C[C@@H](N)C(=O)NC1CCN2CCCCC12. The van der Waals surface area contributed by atoms with E-state index in [1.165, 1.54) is 25.8 Å². The van der Waals surface area contributed by atoms with E-state index < -0.39 is 0 Å². The summed E-state index contributed by atoms with van der Waals surface area (Å²) in [4.78, 5) is 14.6. The van der Waals surface area contributed by atoms with E-state index in [0.29, 0.717) is 18.0 Å². The lowest BCUT2D eigenvalue weighted by molar-refractivity contribution is -0.123. The number of carbonyl (C=O) groups excluding carboxylic acids is 1. The third kappa shape index (κ3) is 3.23. The van der Waals surface area contributed by atoms with Gasteiger partial charge < -0.3 is 11.1 Å². The minimum Gasteiger partial charge on any atom is -0.350 e. The van der Waals surface area contributed by atoms with Crippen LogP contribution in [-0.4, -0.2) is 42.0 Å². The predicted molar refractivity (Wildman–Crippen MR) is 73.2 cm³/mol. The summed E-state index contributed by atoms with van der Waals surface area (Å²) in [5, 5.41) is 3.18. The Morgan fingerprint density at radius 1 is 1.33 bits per heavy atom. The normalized spacial score (nSPS) is 30.2. The Labute approximate surface area is 110 Å². The van der Waals surface area contributed by atoms with Crippen LogP contribution in [0.2, 0.25) is 0 Å². The highest BCUT2D eigenvalue weighted by Crippen LogP contribution is 2.27. The van der Waals surface area contributed by atoms with Crippen molar-refractivity contribution in [3.8, 4) is 0 Å². The molecular weight excluding hydrogens is 226 g/mol.